The van der Waals surface area contributed by atoms with E-state index in [1.807, 2.05) is 6.92 Å². The second kappa shape index (κ2) is 5.97. The van der Waals surface area contributed by atoms with Crippen LogP contribution in [0.2, 0.25) is 0 Å². The van der Waals surface area contributed by atoms with Gasteiger partial charge in [0.25, 0.3) is 5.69 Å². The van der Waals surface area contributed by atoms with E-state index >= 15 is 0 Å². The summed E-state index contributed by atoms with van der Waals surface area (Å²) in [5, 5.41) is 10.8. The lowest BCUT2D eigenvalue weighted by Gasteiger charge is -2.54. The van der Waals surface area contributed by atoms with Crippen LogP contribution in [-0.4, -0.2) is 34.6 Å². The van der Waals surface area contributed by atoms with Crippen molar-refractivity contribution in [1.82, 2.24) is 4.98 Å². The van der Waals surface area contributed by atoms with Crippen LogP contribution in [0.1, 0.15) is 45.4 Å². The maximum absolute atomic E-state index is 11.9. The van der Waals surface area contributed by atoms with Crippen molar-refractivity contribution in [3.8, 4) is 0 Å². The average Bonchev–Trinajstić information content (AvgIpc) is 2.83. The molecule has 2 unspecified atom stereocenters. The molecule has 3 fully saturated rings. The highest BCUT2D eigenvalue weighted by Crippen LogP contribution is 2.59. The quantitative estimate of drug-likeness (QED) is 0.473. The zero-order valence-corrected chi connectivity index (χ0v) is 14.4. The van der Waals surface area contributed by atoms with Gasteiger partial charge in [0.1, 0.15) is 12.0 Å². The molecule has 134 valence electrons. The number of rotatable bonds is 4. The molecule has 0 N–H and O–H groups in total. The summed E-state index contributed by atoms with van der Waals surface area (Å²) in [6, 6.07) is 4.15. The molecule has 25 heavy (non-hydrogen) atoms. The van der Waals surface area contributed by atoms with Gasteiger partial charge in [-0.3, -0.25) is 14.9 Å². The number of hydrogen-bond acceptors (Lipinski definition) is 6. The van der Waals surface area contributed by atoms with Crippen molar-refractivity contribution in [3.05, 3.63) is 28.4 Å². The Morgan fingerprint density at radius 2 is 2.00 bits per heavy atom. The van der Waals surface area contributed by atoms with Crippen molar-refractivity contribution >= 4 is 17.5 Å². The Morgan fingerprint density at radius 3 is 2.52 bits per heavy atom. The lowest BCUT2D eigenvalue weighted by Crippen LogP contribution is -2.54. The number of esters is 1. The Balaban J connectivity index is 1.44. The van der Waals surface area contributed by atoms with Crippen molar-refractivity contribution in [2.75, 3.05) is 11.5 Å². The number of nitro groups is 1. The van der Waals surface area contributed by atoms with Crippen molar-refractivity contribution in [2.45, 2.75) is 57.5 Å². The van der Waals surface area contributed by atoms with E-state index in [0.29, 0.717) is 18.7 Å². The second-order valence-corrected chi connectivity index (χ2v) is 7.69. The third-order valence-corrected chi connectivity index (χ3v) is 6.14. The monoisotopic (exact) mass is 345 g/mol. The average molecular weight is 345 g/mol. The van der Waals surface area contributed by atoms with Crippen molar-refractivity contribution in [1.29, 1.82) is 0 Å². The number of nitrogens with zero attached hydrogens (tertiary/aromatic N) is 3. The van der Waals surface area contributed by atoms with Crippen LogP contribution in [0.5, 0.6) is 0 Å². The number of piperidine rings is 1. The zero-order valence-electron chi connectivity index (χ0n) is 14.4. The van der Waals surface area contributed by atoms with Crippen LogP contribution in [0.15, 0.2) is 18.3 Å². The molecule has 7 heteroatoms. The summed E-state index contributed by atoms with van der Waals surface area (Å²) in [5.74, 6) is 0.873. The van der Waals surface area contributed by atoms with Gasteiger partial charge in [0.15, 0.2) is 0 Å². The summed E-state index contributed by atoms with van der Waals surface area (Å²) in [6.07, 6.45) is 7.67. The van der Waals surface area contributed by atoms with Gasteiger partial charge in [-0.25, -0.2) is 4.98 Å². The number of ether oxygens (including phenoxy) is 1. The van der Waals surface area contributed by atoms with E-state index < -0.39 is 4.92 Å². The number of anilines is 1. The van der Waals surface area contributed by atoms with Crippen LogP contribution in [0.25, 0.3) is 0 Å². The molecule has 3 aliphatic rings. The first-order valence-corrected chi connectivity index (χ1v) is 9.07. The predicted molar refractivity (Wildman–Crippen MR) is 91.2 cm³/mol. The Bertz CT molecular complexity index is 668. The molecule has 0 radical (unpaired) electrons. The molecule has 7 nitrogen and oxygen atoms in total. The highest BCUT2D eigenvalue weighted by atomic mass is 16.6. The fourth-order valence-electron chi connectivity index (χ4n) is 5.20. The van der Waals surface area contributed by atoms with Gasteiger partial charge >= 0.3 is 5.97 Å². The van der Waals surface area contributed by atoms with Gasteiger partial charge in [0.2, 0.25) is 0 Å². The lowest BCUT2D eigenvalue weighted by atomic mass is 9.56. The minimum atomic E-state index is -0.416. The van der Waals surface area contributed by atoms with Gasteiger partial charge in [-0.05, 0) is 56.9 Å². The van der Waals surface area contributed by atoms with E-state index in [2.05, 4.69) is 9.88 Å². The Morgan fingerprint density at radius 1 is 1.32 bits per heavy atom. The third-order valence-electron chi connectivity index (χ3n) is 6.14. The summed E-state index contributed by atoms with van der Waals surface area (Å²) < 4.78 is 5.16. The van der Waals surface area contributed by atoms with Gasteiger partial charge in [0, 0.05) is 18.2 Å². The standard InChI is InChI=1S/C18H23N3O4/c1-2-25-17(22)12-7-18(8-12)9-13-3-4-14(10-18)20(13)16-6-5-15(11-19-16)21(23)24/h5-6,11-14H,2-4,7-10H2,1H3. The number of carbonyl (C=O) groups is 1. The van der Waals surface area contributed by atoms with E-state index in [9.17, 15) is 14.9 Å². The summed E-state index contributed by atoms with van der Waals surface area (Å²) in [7, 11) is 0. The molecule has 1 aromatic rings. The first-order chi connectivity index (χ1) is 12.0. The van der Waals surface area contributed by atoms with Crippen LogP contribution < -0.4 is 4.90 Å². The molecule has 0 amide bonds. The van der Waals surface area contributed by atoms with E-state index in [4.69, 9.17) is 4.74 Å². The molecule has 1 saturated carbocycles. The van der Waals surface area contributed by atoms with Crippen LogP contribution in [0, 0.1) is 21.4 Å². The largest absolute Gasteiger partial charge is 0.466 e. The maximum Gasteiger partial charge on any atom is 0.308 e. The molecule has 2 bridgehead atoms. The Hall–Kier alpha value is -2.18. The molecule has 4 rings (SSSR count). The summed E-state index contributed by atoms with van der Waals surface area (Å²) in [5.41, 5.74) is 0.307. The fraction of sp³-hybridized carbons (Fsp3) is 0.667. The molecule has 1 aliphatic carbocycles. The Kier molecular flexibility index (Phi) is 3.89. The SMILES string of the molecule is CCOC(=O)C1CC2(C1)CC1CCC(C2)N1c1ccc([N+](=O)[O-])cn1. The van der Waals surface area contributed by atoms with E-state index in [1.54, 1.807) is 6.07 Å². The molecule has 2 aliphatic heterocycles. The minimum Gasteiger partial charge on any atom is -0.466 e. The summed E-state index contributed by atoms with van der Waals surface area (Å²) >= 11 is 0. The highest BCUT2D eigenvalue weighted by molar-refractivity contribution is 5.73. The van der Waals surface area contributed by atoms with E-state index in [0.717, 1.165) is 44.3 Å². The molecule has 2 saturated heterocycles. The number of fused-ring (bicyclic) bond motifs is 2. The maximum atomic E-state index is 11.9. The smallest absolute Gasteiger partial charge is 0.308 e. The lowest BCUT2D eigenvalue weighted by molar-refractivity contribution is -0.385. The highest BCUT2D eigenvalue weighted by Gasteiger charge is 2.56. The topological polar surface area (TPSA) is 85.6 Å². The van der Waals surface area contributed by atoms with Crippen molar-refractivity contribution < 1.29 is 14.5 Å². The van der Waals surface area contributed by atoms with Crippen LogP contribution in [-0.2, 0) is 9.53 Å². The molecule has 3 heterocycles. The Labute approximate surface area is 146 Å². The first kappa shape index (κ1) is 16.3. The summed E-state index contributed by atoms with van der Waals surface area (Å²) in [6.45, 7) is 2.30. The first-order valence-electron chi connectivity index (χ1n) is 9.07. The minimum absolute atomic E-state index is 0.0286. The number of aromatic nitrogens is 1. The van der Waals surface area contributed by atoms with Gasteiger partial charge in [0.05, 0.1) is 17.4 Å². The predicted octanol–water partition coefficient (Wildman–Crippen LogP) is 3.08. The molecular weight excluding hydrogens is 322 g/mol. The summed E-state index contributed by atoms with van der Waals surface area (Å²) in [4.78, 5) is 29.0. The molecule has 0 aromatic carbocycles. The molecule has 1 aromatic heterocycles. The van der Waals surface area contributed by atoms with Crippen LogP contribution >= 0.6 is 0 Å². The fourth-order valence-corrected chi connectivity index (χ4v) is 5.20. The zero-order chi connectivity index (χ0) is 17.6. The van der Waals surface area contributed by atoms with Crippen LogP contribution in [0.4, 0.5) is 11.5 Å². The second-order valence-electron chi connectivity index (χ2n) is 7.69. The number of pyridine rings is 1. The van der Waals surface area contributed by atoms with Gasteiger partial charge < -0.3 is 9.64 Å². The van der Waals surface area contributed by atoms with E-state index in [-0.39, 0.29) is 23.0 Å². The van der Waals surface area contributed by atoms with Crippen molar-refractivity contribution in [3.63, 3.8) is 0 Å². The van der Waals surface area contributed by atoms with E-state index in [1.165, 1.54) is 12.3 Å². The molecule has 2 atom stereocenters. The van der Waals surface area contributed by atoms with Gasteiger partial charge in [-0.15, -0.1) is 0 Å². The van der Waals surface area contributed by atoms with Gasteiger partial charge in [-0.2, -0.15) is 0 Å². The molecule has 1 spiro atoms. The van der Waals surface area contributed by atoms with Crippen molar-refractivity contribution in [2.24, 2.45) is 11.3 Å². The van der Waals surface area contributed by atoms with Gasteiger partial charge in [-0.1, -0.05) is 0 Å². The molecular formula is C18H23N3O4. The third kappa shape index (κ3) is 2.75. The number of hydrogen-bond donors (Lipinski definition) is 0. The number of carbonyl (C=O) groups excluding carboxylic acids is 1. The normalized spacial score (nSPS) is 33.2. The van der Waals surface area contributed by atoms with Crippen LogP contribution in [0.3, 0.4) is 0 Å².